The van der Waals surface area contributed by atoms with Crippen LogP contribution in [0.3, 0.4) is 0 Å². The van der Waals surface area contributed by atoms with Gasteiger partial charge in [0.2, 0.25) is 5.95 Å². The number of hydrogen-bond donors (Lipinski definition) is 1. The maximum atomic E-state index is 5.13. The molecule has 1 atom stereocenters. The van der Waals surface area contributed by atoms with Gasteiger partial charge in [-0.2, -0.15) is 0 Å². The van der Waals surface area contributed by atoms with Gasteiger partial charge < -0.3 is 19.5 Å². The molecule has 0 bridgehead atoms. The molecule has 5 nitrogen and oxygen atoms in total. The van der Waals surface area contributed by atoms with E-state index in [1.54, 1.807) is 7.11 Å². The fourth-order valence-corrected chi connectivity index (χ4v) is 2.72. The molecule has 1 N–H and O–H groups in total. The summed E-state index contributed by atoms with van der Waals surface area (Å²) >= 11 is 0. The van der Waals surface area contributed by atoms with Gasteiger partial charge in [0.15, 0.2) is 0 Å². The van der Waals surface area contributed by atoms with E-state index in [2.05, 4.69) is 27.9 Å². The fraction of sp³-hybridized carbons (Fsp3) is 0.786. The monoisotopic (exact) mass is 266 g/mol. The maximum absolute atomic E-state index is 5.13. The summed E-state index contributed by atoms with van der Waals surface area (Å²) in [6, 6.07) is 0.582. The first-order chi connectivity index (χ1) is 9.24. The summed E-state index contributed by atoms with van der Waals surface area (Å²) in [5.41, 5.74) is 1.10. The Hall–Kier alpha value is -1.07. The minimum Gasteiger partial charge on any atom is -0.385 e. The largest absolute Gasteiger partial charge is 0.385 e. The fourth-order valence-electron chi connectivity index (χ4n) is 2.72. The zero-order valence-electron chi connectivity index (χ0n) is 12.4. The molecule has 1 aliphatic heterocycles. The van der Waals surface area contributed by atoms with E-state index < -0.39 is 0 Å². The van der Waals surface area contributed by atoms with Gasteiger partial charge in [-0.15, -0.1) is 0 Å². The number of aromatic nitrogens is 2. The van der Waals surface area contributed by atoms with Crippen LogP contribution in [-0.4, -0.2) is 49.4 Å². The molecule has 1 aromatic rings. The summed E-state index contributed by atoms with van der Waals surface area (Å²) in [5, 5.41) is 3.38. The van der Waals surface area contributed by atoms with Crippen LogP contribution in [0.2, 0.25) is 0 Å². The van der Waals surface area contributed by atoms with E-state index in [4.69, 9.17) is 9.72 Å². The van der Waals surface area contributed by atoms with Crippen molar-refractivity contribution in [2.45, 2.75) is 38.8 Å². The topological polar surface area (TPSA) is 42.3 Å². The van der Waals surface area contributed by atoms with E-state index in [1.165, 1.54) is 12.8 Å². The highest BCUT2D eigenvalue weighted by Gasteiger charge is 2.22. The summed E-state index contributed by atoms with van der Waals surface area (Å²) in [6.07, 6.45) is 5.67. The van der Waals surface area contributed by atoms with Crippen LogP contribution >= 0.6 is 0 Å². The number of nitrogens with zero attached hydrogens (tertiary/aromatic N) is 3. The average Bonchev–Trinajstić information content (AvgIpc) is 2.80. The molecule has 1 aromatic heterocycles. The number of hydrogen-bond acceptors (Lipinski definition) is 4. The molecule has 1 saturated heterocycles. The van der Waals surface area contributed by atoms with Crippen LogP contribution in [0.5, 0.6) is 0 Å². The molecule has 1 fully saturated rings. The summed E-state index contributed by atoms with van der Waals surface area (Å²) in [5.74, 6) is 1.12. The van der Waals surface area contributed by atoms with Gasteiger partial charge in [-0.25, -0.2) is 4.98 Å². The summed E-state index contributed by atoms with van der Waals surface area (Å²) in [4.78, 5) is 7.11. The first-order valence-corrected chi connectivity index (χ1v) is 7.19. The normalized spacial score (nSPS) is 19.9. The first-order valence-electron chi connectivity index (χ1n) is 7.19. The number of piperidine rings is 1. The quantitative estimate of drug-likeness (QED) is 0.791. The van der Waals surface area contributed by atoms with Gasteiger partial charge in [-0.3, -0.25) is 0 Å². The second kappa shape index (κ2) is 6.91. The molecule has 1 unspecified atom stereocenters. The Morgan fingerprint density at radius 2 is 2.37 bits per heavy atom. The summed E-state index contributed by atoms with van der Waals surface area (Å²) in [6.45, 7) is 6.01. The van der Waals surface area contributed by atoms with E-state index in [1.807, 2.05) is 7.05 Å². The molecule has 108 valence electrons. The predicted molar refractivity (Wildman–Crippen MR) is 77.8 cm³/mol. The Balaban J connectivity index is 2.05. The molecular formula is C14H26N4O. The number of likely N-dealkylation sites (N-methyl/N-ethyl adjacent to an activating group) is 1. The van der Waals surface area contributed by atoms with Crippen molar-refractivity contribution in [1.82, 2.24) is 14.9 Å². The standard InChI is InChI=1S/C14H26N4O/c1-12-10-17(8-5-9-19-3)14(16-12)18-7-4-6-13(11-18)15-2/h10,13,15H,4-9,11H2,1-3H3. The molecule has 0 radical (unpaired) electrons. The van der Waals surface area contributed by atoms with Gasteiger partial charge in [0.25, 0.3) is 0 Å². The molecular weight excluding hydrogens is 240 g/mol. The second-order valence-corrected chi connectivity index (χ2v) is 5.30. The van der Waals surface area contributed by atoms with Gasteiger partial charge in [0, 0.05) is 45.6 Å². The number of anilines is 1. The van der Waals surface area contributed by atoms with Crippen molar-refractivity contribution < 1.29 is 4.74 Å². The van der Waals surface area contributed by atoms with Crippen molar-refractivity contribution in [3.63, 3.8) is 0 Å². The Kier molecular flexibility index (Phi) is 5.22. The molecule has 2 heterocycles. The lowest BCUT2D eigenvalue weighted by Crippen LogP contribution is -2.45. The Morgan fingerprint density at radius 3 is 3.11 bits per heavy atom. The third-order valence-corrected chi connectivity index (χ3v) is 3.74. The molecule has 0 amide bonds. The van der Waals surface area contributed by atoms with E-state index >= 15 is 0 Å². The lowest BCUT2D eigenvalue weighted by molar-refractivity contribution is 0.190. The van der Waals surface area contributed by atoms with E-state index in [0.717, 1.165) is 44.3 Å². The van der Waals surface area contributed by atoms with Gasteiger partial charge in [-0.05, 0) is 33.2 Å². The van der Waals surface area contributed by atoms with E-state index in [-0.39, 0.29) is 0 Å². The average molecular weight is 266 g/mol. The Morgan fingerprint density at radius 1 is 1.53 bits per heavy atom. The number of aryl methyl sites for hydroxylation is 2. The van der Waals surface area contributed by atoms with Crippen molar-refractivity contribution in [3.05, 3.63) is 11.9 Å². The Bertz CT molecular complexity index is 391. The van der Waals surface area contributed by atoms with Gasteiger partial charge in [0.05, 0.1) is 5.69 Å². The highest BCUT2D eigenvalue weighted by molar-refractivity contribution is 5.34. The highest BCUT2D eigenvalue weighted by atomic mass is 16.5. The van der Waals surface area contributed by atoms with Crippen molar-refractivity contribution in [2.24, 2.45) is 0 Å². The predicted octanol–water partition coefficient (Wildman–Crippen LogP) is 1.42. The molecule has 0 aliphatic carbocycles. The van der Waals surface area contributed by atoms with Crippen molar-refractivity contribution in [2.75, 3.05) is 38.8 Å². The maximum Gasteiger partial charge on any atom is 0.205 e. The molecule has 1 aliphatic rings. The number of methoxy groups -OCH3 is 1. The number of rotatable bonds is 6. The molecule has 2 rings (SSSR count). The summed E-state index contributed by atoms with van der Waals surface area (Å²) in [7, 11) is 3.80. The third kappa shape index (κ3) is 3.70. The van der Waals surface area contributed by atoms with Crippen LogP contribution in [0, 0.1) is 6.92 Å². The van der Waals surface area contributed by atoms with Crippen LogP contribution in [0.1, 0.15) is 25.0 Å². The first kappa shape index (κ1) is 14.3. The van der Waals surface area contributed by atoms with Crippen molar-refractivity contribution >= 4 is 5.95 Å². The summed E-state index contributed by atoms with van der Waals surface area (Å²) < 4.78 is 7.40. The van der Waals surface area contributed by atoms with Gasteiger partial charge in [-0.1, -0.05) is 0 Å². The van der Waals surface area contributed by atoms with Crippen molar-refractivity contribution in [3.8, 4) is 0 Å². The second-order valence-electron chi connectivity index (χ2n) is 5.30. The molecule has 0 spiro atoms. The van der Waals surface area contributed by atoms with Gasteiger partial charge in [0.1, 0.15) is 0 Å². The third-order valence-electron chi connectivity index (χ3n) is 3.74. The molecule has 0 aromatic carbocycles. The Labute approximate surface area is 116 Å². The van der Waals surface area contributed by atoms with E-state index in [0.29, 0.717) is 6.04 Å². The van der Waals surface area contributed by atoms with Crippen LogP contribution in [-0.2, 0) is 11.3 Å². The van der Waals surface area contributed by atoms with Crippen LogP contribution in [0.15, 0.2) is 6.20 Å². The zero-order chi connectivity index (χ0) is 13.7. The number of ether oxygens (including phenoxy) is 1. The minimum atomic E-state index is 0.582. The lowest BCUT2D eigenvalue weighted by atomic mass is 10.1. The lowest BCUT2D eigenvalue weighted by Gasteiger charge is -2.33. The minimum absolute atomic E-state index is 0.582. The van der Waals surface area contributed by atoms with E-state index in [9.17, 15) is 0 Å². The van der Waals surface area contributed by atoms with Gasteiger partial charge >= 0.3 is 0 Å². The van der Waals surface area contributed by atoms with Crippen LogP contribution < -0.4 is 10.2 Å². The number of nitrogens with one attached hydrogen (secondary N) is 1. The molecule has 19 heavy (non-hydrogen) atoms. The van der Waals surface area contributed by atoms with Crippen LogP contribution in [0.25, 0.3) is 0 Å². The van der Waals surface area contributed by atoms with Crippen LogP contribution in [0.4, 0.5) is 5.95 Å². The van der Waals surface area contributed by atoms with Crippen molar-refractivity contribution in [1.29, 1.82) is 0 Å². The smallest absolute Gasteiger partial charge is 0.205 e. The zero-order valence-corrected chi connectivity index (χ0v) is 12.4. The molecule has 5 heteroatoms. The highest BCUT2D eigenvalue weighted by Crippen LogP contribution is 2.20. The number of imidazole rings is 1. The SMILES string of the molecule is CNC1CCCN(c2nc(C)cn2CCCOC)C1. The molecule has 0 saturated carbocycles.